The van der Waals surface area contributed by atoms with Crippen molar-refractivity contribution in [3.8, 4) is 11.4 Å². The van der Waals surface area contributed by atoms with Crippen LogP contribution in [0, 0.1) is 6.92 Å². The third kappa shape index (κ3) is 4.30. The first-order chi connectivity index (χ1) is 15.9. The number of amides is 1. The average Bonchev–Trinajstić information content (AvgIpc) is 2.83. The van der Waals surface area contributed by atoms with Crippen LogP contribution in [0.2, 0.25) is 0 Å². The number of hydrogen-bond acceptors (Lipinski definition) is 4. The SMILES string of the molecule is COc1ccccc1-n1c(=O)c2cc(C)ccc2n(CC(=O)NC(C)c2ccccc2)c1=O. The lowest BCUT2D eigenvalue weighted by Gasteiger charge is -2.18. The normalized spacial score (nSPS) is 11.8. The second kappa shape index (κ2) is 9.16. The maximum absolute atomic E-state index is 13.5. The Labute approximate surface area is 190 Å². The Kier molecular flexibility index (Phi) is 6.13. The second-order valence-corrected chi connectivity index (χ2v) is 7.90. The number of ether oxygens (including phenoxy) is 1. The Morgan fingerprint density at radius 1 is 1.00 bits per heavy atom. The summed E-state index contributed by atoms with van der Waals surface area (Å²) in [4.78, 5) is 39.8. The number of para-hydroxylation sites is 2. The maximum Gasteiger partial charge on any atom is 0.336 e. The lowest BCUT2D eigenvalue weighted by Crippen LogP contribution is -2.42. The number of hydrogen-bond donors (Lipinski definition) is 1. The average molecular weight is 444 g/mol. The van der Waals surface area contributed by atoms with E-state index in [1.165, 1.54) is 11.7 Å². The van der Waals surface area contributed by atoms with Crippen molar-refractivity contribution in [1.82, 2.24) is 14.5 Å². The van der Waals surface area contributed by atoms with E-state index in [-0.39, 0.29) is 18.5 Å². The summed E-state index contributed by atoms with van der Waals surface area (Å²) in [5.41, 5.74) is 1.49. The van der Waals surface area contributed by atoms with Crippen molar-refractivity contribution in [3.05, 3.63) is 105 Å². The first-order valence-corrected chi connectivity index (χ1v) is 10.6. The van der Waals surface area contributed by atoms with E-state index in [9.17, 15) is 14.4 Å². The fourth-order valence-electron chi connectivity index (χ4n) is 3.92. The van der Waals surface area contributed by atoms with Gasteiger partial charge in [0.05, 0.1) is 29.7 Å². The van der Waals surface area contributed by atoms with Gasteiger partial charge in [-0.15, -0.1) is 0 Å². The molecule has 0 spiro atoms. The van der Waals surface area contributed by atoms with E-state index in [4.69, 9.17) is 4.74 Å². The molecule has 7 heteroatoms. The third-order valence-corrected chi connectivity index (χ3v) is 5.60. The minimum Gasteiger partial charge on any atom is -0.495 e. The van der Waals surface area contributed by atoms with E-state index >= 15 is 0 Å². The first kappa shape index (κ1) is 22.1. The number of fused-ring (bicyclic) bond motifs is 1. The van der Waals surface area contributed by atoms with Crippen molar-refractivity contribution in [2.75, 3.05) is 7.11 Å². The summed E-state index contributed by atoms with van der Waals surface area (Å²) in [5.74, 6) is 0.0537. The van der Waals surface area contributed by atoms with E-state index in [1.807, 2.05) is 50.2 Å². The van der Waals surface area contributed by atoms with Crippen molar-refractivity contribution in [2.24, 2.45) is 0 Å². The van der Waals surface area contributed by atoms with Gasteiger partial charge in [-0.2, -0.15) is 0 Å². The summed E-state index contributed by atoms with van der Waals surface area (Å²) in [7, 11) is 1.48. The quantitative estimate of drug-likeness (QED) is 0.496. The molecule has 3 aromatic carbocycles. The molecule has 33 heavy (non-hydrogen) atoms. The number of carbonyl (C=O) groups is 1. The van der Waals surface area contributed by atoms with Gasteiger partial charge in [0.1, 0.15) is 12.3 Å². The number of methoxy groups -OCH3 is 1. The van der Waals surface area contributed by atoms with Crippen LogP contribution in [0.4, 0.5) is 0 Å². The standard InChI is InChI=1S/C26H25N3O4/c1-17-13-14-21-20(15-17)25(31)29(22-11-7-8-12-23(22)33-3)26(32)28(21)16-24(30)27-18(2)19-9-5-4-6-10-19/h4-15,18H,16H2,1-3H3,(H,27,30). The zero-order chi connectivity index (χ0) is 23.5. The molecule has 1 heterocycles. The molecule has 1 atom stereocenters. The molecule has 1 amide bonds. The summed E-state index contributed by atoms with van der Waals surface area (Å²) in [6, 6.07) is 21.4. The molecule has 0 aliphatic rings. The number of aryl methyl sites for hydroxylation is 1. The largest absolute Gasteiger partial charge is 0.495 e. The number of nitrogens with zero attached hydrogens (tertiary/aromatic N) is 2. The van der Waals surface area contributed by atoms with E-state index in [0.717, 1.165) is 15.7 Å². The van der Waals surface area contributed by atoms with E-state index in [2.05, 4.69) is 5.32 Å². The third-order valence-electron chi connectivity index (χ3n) is 5.60. The smallest absolute Gasteiger partial charge is 0.336 e. The van der Waals surface area contributed by atoms with E-state index in [0.29, 0.717) is 22.3 Å². The van der Waals surface area contributed by atoms with Gasteiger partial charge in [0, 0.05) is 0 Å². The fourth-order valence-corrected chi connectivity index (χ4v) is 3.92. The highest BCUT2D eigenvalue weighted by molar-refractivity contribution is 5.82. The van der Waals surface area contributed by atoms with Gasteiger partial charge in [-0.05, 0) is 43.7 Å². The summed E-state index contributed by atoms with van der Waals surface area (Å²) in [6.07, 6.45) is 0. The molecule has 0 saturated carbocycles. The summed E-state index contributed by atoms with van der Waals surface area (Å²) in [6.45, 7) is 3.52. The Bertz CT molecular complexity index is 1440. The minimum atomic E-state index is -0.608. The molecular formula is C26H25N3O4. The molecule has 168 valence electrons. The summed E-state index contributed by atoms with van der Waals surface area (Å²) in [5, 5.41) is 3.28. The van der Waals surface area contributed by atoms with Gasteiger partial charge in [-0.3, -0.25) is 14.2 Å². The highest BCUT2D eigenvalue weighted by atomic mass is 16.5. The van der Waals surface area contributed by atoms with Crippen molar-refractivity contribution >= 4 is 16.8 Å². The number of nitrogens with one attached hydrogen (secondary N) is 1. The first-order valence-electron chi connectivity index (χ1n) is 10.6. The molecule has 4 rings (SSSR count). The fraction of sp³-hybridized carbons (Fsp3) is 0.192. The molecule has 1 N–H and O–H groups in total. The van der Waals surface area contributed by atoms with Crippen LogP contribution < -0.4 is 21.3 Å². The second-order valence-electron chi connectivity index (χ2n) is 7.90. The molecule has 0 radical (unpaired) electrons. The van der Waals surface area contributed by atoms with Crippen LogP contribution in [0.5, 0.6) is 5.75 Å². The lowest BCUT2D eigenvalue weighted by atomic mass is 10.1. The predicted molar refractivity (Wildman–Crippen MR) is 128 cm³/mol. The van der Waals surface area contributed by atoms with Gasteiger partial charge in [0.15, 0.2) is 0 Å². The molecule has 0 bridgehead atoms. The van der Waals surface area contributed by atoms with Crippen LogP contribution in [0.25, 0.3) is 16.6 Å². The summed E-state index contributed by atoms with van der Waals surface area (Å²) >= 11 is 0. The Morgan fingerprint density at radius 2 is 1.70 bits per heavy atom. The maximum atomic E-state index is 13.5. The lowest BCUT2D eigenvalue weighted by molar-refractivity contribution is -0.122. The highest BCUT2D eigenvalue weighted by Gasteiger charge is 2.19. The van der Waals surface area contributed by atoms with Crippen LogP contribution >= 0.6 is 0 Å². The molecule has 1 aromatic heterocycles. The van der Waals surface area contributed by atoms with Crippen LogP contribution in [0.15, 0.2) is 82.4 Å². The number of benzene rings is 3. The monoisotopic (exact) mass is 443 g/mol. The molecule has 7 nitrogen and oxygen atoms in total. The zero-order valence-corrected chi connectivity index (χ0v) is 18.7. The Hall–Kier alpha value is -4.13. The van der Waals surface area contributed by atoms with Gasteiger partial charge >= 0.3 is 5.69 Å². The number of carbonyl (C=O) groups excluding carboxylic acids is 1. The van der Waals surface area contributed by atoms with E-state index in [1.54, 1.807) is 36.4 Å². The van der Waals surface area contributed by atoms with Crippen molar-refractivity contribution in [1.29, 1.82) is 0 Å². The van der Waals surface area contributed by atoms with Crippen LogP contribution in [-0.2, 0) is 11.3 Å². The number of rotatable bonds is 6. The minimum absolute atomic E-state index is 0.231. The van der Waals surface area contributed by atoms with Crippen molar-refractivity contribution in [2.45, 2.75) is 26.4 Å². The van der Waals surface area contributed by atoms with Gasteiger partial charge in [0.2, 0.25) is 5.91 Å². The van der Waals surface area contributed by atoms with Gasteiger partial charge < -0.3 is 10.1 Å². The highest BCUT2D eigenvalue weighted by Crippen LogP contribution is 2.21. The van der Waals surface area contributed by atoms with Crippen LogP contribution in [0.1, 0.15) is 24.1 Å². The Morgan fingerprint density at radius 3 is 2.42 bits per heavy atom. The molecule has 0 fully saturated rings. The van der Waals surface area contributed by atoms with Gasteiger partial charge in [0.25, 0.3) is 5.56 Å². The molecular weight excluding hydrogens is 418 g/mol. The molecule has 0 aliphatic carbocycles. The van der Waals surface area contributed by atoms with Crippen molar-refractivity contribution in [3.63, 3.8) is 0 Å². The van der Waals surface area contributed by atoms with E-state index < -0.39 is 11.2 Å². The van der Waals surface area contributed by atoms with Crippen LogP contribution in [-0.4, -0.2) is 22.2 Å². The topological polar surface area (TPSA) is 82.3 Å². The molecule has 0 aliphatic heterocycles. The van der Waals surface area contributed by atoms with Gasteiger partial charge in [-0.25, -0.2) is 9.36 Å². The van der Waals surface area contributed by atoms with Crippen LogP contribution in [0.3, 0.4) is 0 Å². The molecule has 1 unspecified atom stereocenters. The van der Waals surface area contributed by atoms with Gasteiger partial charge in [-0.1, -0.05) is 54.1 Å². The predicted octanol–water partition coefficient (Wildman–Crippen LogP) is 3.35. The molecule has 0 saturated heterocycles. The summed E-state index contributed by atoms with van der Waals surface area (Å²) < 4.78 is 7.77. The molecule has 4 aromatic rings. The van der Waals surface area contributed by atoms with Crippen molar-refractivity contribution < 1.29 is 9.53 Å². The Balaban J connectivity index is 1.83. The number of aromatic nitrogens is 2. The zero-order valence-electron chi connectivity index (χ0n) is 18.7.